The molecule has 40 heavy (non-hydrogen) atoms. The Morgan fingerprint density at radius 3 is 1.95 bits per heavy atom. The lowest BCUT2D eigenvalue weighted by molar-refractivity contribution is -0.160. The van der Waals surface area contributed by atoms with Crippen LogP contribution in [0.15, 0.2) is 103 Å². The number of aliphatic carboxylic acids is 1. The SMILES string of the molecule is Cc1nc2ccc(P(c3ccccc3)c3ccccc3)cc2c(-c2ccc(Cl)cc2)c1C(OC(C)(C)C)C(=O)O. The fraction of sp³-hybridized carbons (Fsp3) is 0.176. The summed E-state index contributed by atoms with van der Waals surface area (Å²) in [5.74, 6) is -1.05. The van der Waals surface area contributed by atoms with Gasteiger partial charge in [-0.25, -0.2) is 4.79 Å². The second-order valence-corrected chi connectivity index (χ2v) is 13.3. The maximum Gasteiger partial charge on any atom is 0.337 e. The lowest BCUT2D eigenvalue weighted by atomic mass is 9.91. The van der Waals surface area contributed by atoms with Gasteiger partial charge in [0.15, 0.2) is 6.10 Å². The number of pyridine rings is 1. The number of carboxylic acids is 1. The zero-order valence-corrected chi connectivity index (χ0v) is 24.6. The third kappa shape index (κ3) is 5.95. The average Bonchev–Trinajstić information content (AvgIpc) is 2.93. The van der Waals surface area contributed by atoms with Crippen molar-refractivity contribution in [3.8, 4) is 11.1 Å². The number of hydrogen-bond acceptors (Lipinski definition) is 3. The highest BCUT2D eigenvalue weighted by Crippen LogP contribution is 2.41. The summed E-state index contributed by atoms with van der Waals surface area (Å²) in [4.78, 5) is 17.6. The highest BCUT2D eigenvalue weighted by Gasteiger charge is 2.32. The number of aryl methyl sites for hydroxylation is 1. The summed E-state index contributed by atoms with van der Waals surface area (Å²) >= 11 is 6.26. The summed E-state index contributed by atoms with van der Waals surface area (Å²) in [7, 11) is -0.869. The summed E-state index contributed by atoms with van der Waals surface area (Å²) < 4.78 is 6.16. The summed E-state index contributed by atoms with van der Waals surface area (Å²) in [5.41, 5.74) is 2.95. The van der Waals surface area contributed by atoms with Gasteiger partial charge in [0.1, 0.15) is 0 Å². The maximum absolute atomic E-state index is 12.7. The second-order valence-electron chi connectivity index (χ2n) is 10.6. The first-order valence-corrected chi connectivity index (χ1v) is 14.9. The maximum atomic E-state index is 12.7. The molecule has 1 N–H and O–H groups in total. The van der Waals surface area contributed by atoms with E-state index in [-0.39, 0.29) is 0 Å². The van der Waals surface area contributed by atoms with E-state index < -0.39 is 25.6 Å². The van der Waals surface area contributed by atoms with E-state index in [1.165, 1.54) is 10.6 Å². The van der Waals surface area contributed by atoms with Crippen molar-refractivity contribution < 1.29 is 14.6 Å². The highest BCUT2D eigenvalue weighted by molar-refractivity contribution is 7.79. The number of ether oxygens (including phenoxy) is 1. The van der Waals surface area contributed by atoms with E-state index >= 15 is 0 Å². The Morgan fingerprint density at radius 1 is 0.850 bits per heavy atom. The van der Waals surface area contributed by atoms with Gasteiger partial charge in [-0.3, -0.25) is 4.98 Å². The highest BCUT2D eigenvalue weighted by atomic mass is 35.5. The molecule has 0 radical (unpaired) electrons. The summed E-state index contributed by atoms with van der Waals surface area (Å²) in [5, 5.41) is 15.5. The van der Waals surface area contributed by atoms with Gasteiger partial charge in [0.05, 0.1) is 11.1 Å². The van der Waals surface area contributed by atoms with Crippen LogP contribution in [0.4, 0.5) is 0 Å². The number of carbonyl (C=O) groups is 1. The Morgan fingerprint density at radius 2 is 1.43 bits per heavy atom. The van der Waals surface area contributed by atoms with E-state index in [0.29, 0.717) is 16.3 Å². The number of benzene rings is 4. The van der Waals surface area contributed by atoms with Gasteiger partial charge in [-0.2, -0.15) is 0 Å². The van der Waals surface area contributed by atoms with Crippen molar-refractivity contribution in [1.29, 1.82) is 0 Å². The normalized spacial score (nSPS) is 12.6. The van der Waals surface area contributed by atoms with Crippen molar-refractivity contribution in [3.63, 3.8) is 0 Å². The van der Waals surface area contributed by atoms with Gasteiger partial charge in [0, 0.05) is 21.7 Å². The molecule has 1 unspecified atom stereocenters. The Kier molecular flexibility index (Phi) is 8.05. The second kappa shape index (κ2) is 11.5. The molecule has 0 aliphatic rings. The van der Waals surface area contributed by atoms with Crippen LogP contribution in [-0.2, 0) is 9.53 Å². The number of halogens is 1. The first-order valence-electron chi connectivity index (χ1n) is 13.1. The Labute approximate surface area is 241 Å². The molecule has 5 aromatic rings. The van der Waals surface area contributed by atoms with Gasteiger partial charge < -0.3 is 9.84 Å². The Hall–Kier alpha value is -3.56. The molecule has 0 saturated heterocycles. The lowest BCUT2D eigenvalue weighted by Gasteiger charge is -2.28. The molecule has 4 nitrogen and oxygen atoms in total. The van der Waals surface area contributed by atoms with Crippen molar-refractivity contribution >= 4 is 52.3 Å². The molecule has 202 valence electrons. The number of hydrogen-bond donors (Lipinski definition) is 1. The molecule has 0 spiro atoms. The molecule has 0 amide bonds. The summed E-state index contributed by atoms with van der Waals surface area (Å²) in [6.07, 6.45) is -1.20. The molecule has 1 heterocycles. The number of aromatic nitrogens is 1. The van der Waals surface area contributed by atoms with E-state index in [1.807, 2.05) is 70.2 Å². The van der Waals surface area contributed by atoms with Crippen molar-refractivity contribution in [3.05, 3.63) is 119 Å². The minimum absolute atomic E-state index is 0.554. The topological polar surface area (TPSA) is 59.4 Å². The monoisotopic (exact) mass is 567 g/mol. The zero-order valence-electron chi connectivity index (χ0n) is 22.9. The van der Waals surface area contributed by atoms with Gasteiger partial charge in [-0.1, -0.05) is 90.5 Å². The first kappa shape index (κ1) is 28.0. The summed E-state index contributed by atoms with van der Waals surface area (Å²) in [6.45, 7) is 7.43. The quantitative estimate of drug-likeness (QED) is 0.206. The number of rotatable bonds is 7. The molecular weight excluding hydrogens is 537 g/mol. The lowest BCUT2D eigenvalue weighted by Crippen LogP contribution is -2.28. The fourth-order valence-corrected chi connectivity index (χ4v) is 7.41. The van der Waals surface area contributed by atoms with Crippen LogP contribution in [-0.4, -0.2) is 21.7 Å². The number of fused-ring (bicyclic) bond motifs is 1. The predicted molar refractivity (Wildman–Crippen MR) is 167 cm³/mol. The smallest absolute Gasteiger partial charge is 0.337 e. The van der Waals surface area contributed by atoms with Crippen LogP contribution in [0.2, 0.25) is 5.02 Å². The van der Waals surface area contributed by atoms with E-state index in [2.05, 4.69) is 60.7 Å². The van der Waals surface area contributed by atoms with Gasteiger partial charge >= 0.3 is 5.97 Å². The van der Waals surface area contributed by atoms with Crippen LogP contribution in [0.3, 0.4) is 0 Å². The third-order valence-electron chi connectivity index (χ3n) is 6.57. The number of carboxylic acid groups (broad SMARTS) is 1. The molecule has 0 saturated carbocycles. The fourth-order valence-electron chi connectivity index (χ4n) is 4.96. The van der Waals surface area contributed by atoms with Crippen LogP contribution in [0.1, 0.15) is 38.1 Å². The van der Waals surface area contributed by atoms with Crippen molar-refractivity contribution in [2.45, 2.75) is 39.4 Å². The average molecular weight is 568 g/mol. The van der Waals surface area contributed by atoms with Crippen molar-refractivity contribution in [1.82, 2.24) is 4.98 Å². The first-order chi connectivity index (χ1) is 19.1. The van der Waals surface area contributed by atoms with Gasteiger partial charge in [-0.05, 0) is 86.9 Å². The molecule has 0 aliphatic heterocycles. The zero-order chi connectivity index (χ0) is 28.4. The van der Waals surface area contributed by atoms with Crippen LogP contribution in [0.25, 0.3) is 22.0 Å². The Balaban J connectivity index is 1.83. The minimum atomic E-state index is -1.20. The molecule has 0 bridgehead atoms. The van der Waals surface area contributed by atoms with E-state index in [1.54, 1.807) is 0 Å². The molecule has 4 aromatic carbocycles. The van der Waals surface area contributed by atoms with E-state index in [0.717, 1.165) is 27.3 Å². The minimum Gasteiger partial charge on any atom is -0.479 e. The molecule has 1 atom stereocenters. The van der Waals surface area contributed by atoms with Crippen LogP contribution >= 0.6 is 19.5 Å². The standard InChI is InChI=1S/C34H31ClNO3P/c1-22-30(32(33(37)38)39-34(2,3)4)31(23-15-17-24(35)18-16-23)28-21-27(19-20-29(28)36-22)40(25-11-7-5-8-12-25)26-13-9-6-10-14-26/h5-21,32H,1-4H3,(H,37,38). The molecule has 1 aromatic heterocycles. The van der Waals surface area contributed by atoms with Crippen LogP contribution in [0, 0.1) is 6.92 Å². The van der Waals surface area contributed by atoms with Crippen LogP contribution < -0.4 is 15.9 Å². The predicted octanol–water partition coefficient (Wildman–Crippen LogP) is 7.56. The molecule has 0 fully saturated rings. The van der Waals surface area contributed by atoms with E-state index in [9.17, 15) is 9.90 Å². The van der Waals surface area contributed by atoms with Gasteiger partial charge in [0.25, 0.3) is 0 Å². The summed E-state index contributed by atoms with van der Waals surface area (Å²) in [6, 6.07) is 34.9. The molecule has 5 rings (SSSR count). The van der Waals surface area contributed by atoms with Crippen molar-refractivity contribution in [2.24, 2.45) is 0 Å². The molecule has 6 heteroatoms. The third-order valence-corrected chi connectivity index (χ3v) is 9.25. The van der Waals surface area contributed by atoms with Crippen molar-refractivity contribution in [2.75, 3.05) is 0 Å². The van der Waals surface area contributed by atoms with Crippen LogP contribution in [0.5, 0.6) is 0 Å². The van der Waals surface area contributed by atoms with Gasteiger partial charge in [0.2, 0.25) is 0 Å². The molecular formula is C34H31ClNO3P. The molecule has 0 aliphatic carbocycles. The Bertz CT molecular complexity index is 1610. The van der Waals surface area contributed by atoms with E-state index in [4.69, 9.17) is 21.3 Å². The largest absolute Gasteiger partial charge is 0.479 e. The number of nitrogens with zero attached hydrogens (tertiary/aromatic N) is 1. The van der Waals surface area contributed by atoms with Gasteiger partial charge in [-0.15, -0.1) is 0 Å².